The van der Waals surface area contributed by atoms with Crippen LogP contribution in [-0.2, 0) is 23.7 Å². The molecule has 0 spiro atoms. The van der Waals surface area contributed by atoms with E-state index in [1.165, 1.54) is 11.9 Å². The molecule has 198 valence electrons. The van der Waals surface area contributed by atoms with E-state index < -0.39 is 58.4 Å². The fourth-order valence-corrected chi connectivity index (χ4v) is 3.06. The summed E-state index contributed by atoms with van der Waals surface area (Å²) >= 11 is 16.8. The maximum absolute atomic E-state index is 12.9. The van der Waals surface area contributed by atoms with Crippen molar-refractivity contribution in [2.75, 3.05) is 13.7 Å². The van der Waals surface area contributed by atoms with Crippen molar-refractivity contribution in [2.24, 2.45) is 11.8 Å². The number of hydrogen-bond donors (Lipinski definition) is 0. The van der Waals surface area contributed by atoms with Crippen LogP contribution in [0.4, 0.5) is 9.59 Å². The Balaban J connectivity index is 5.48. The molecule has 0 N–H and O–H groups in total. The summed E-state index contributed by atoms with van der Waals surface area (Å²) in [7, 11) is 1.46. The zero-order chi connectivity index (χ0) is 26.9. The van der Waals surface area contributed by atoms with Gasteiger partial charge in [-0.15, -0.1) is 6.58 Å². The van der Waals surface area contributed by atoms with E-state index in [2.05, 4.69) is 6.58 Å². The normalized spacial score (nSPS) is 16.3. The third kappa shape index (κ3) is 12.4. The van der Waals surface area contributed by atoms with E-state index in [4.69, 9.17) is 53.8 Å². The number of esters is 1. The van der Waals surface area contributed by atoms with Gasteiger partial charge in [-0.2, -0.15) is 0 Å². The molecule has 34 heavy (non-hydrogen) atoms. The summed E-state index contributed by atoms with van der Waals surface area (Å²) in [5.41, 5.74) is -0.706. The molecule has 5 atom stereocenters. The Bertz CT molecular complexity index is 691. The van der Waals surface area contributed by atoms with Gasteiger partial charge in [0.1, 0.15) is 30.5 Å². The number of nitrogens with zero attached hydrogens (tertiary/aromatic N) is 1. The zero-order valence-electron chi connectivity index (χ0n) is 21.2. The lowest BCUT2D eigenvalue weighted by Gasteiger charge is -2.35. The molecule has 0 saturated heterocycles. The lowest BCUT2D eigenvalue weighted by Crippen LogP contribution is -2.47. The van der Waals surface area contributed by atoms with Gasteiger partial charge >= 0.3 is 18.2 Å². The van der Waals surface area contributed by atoms with Crippen LogP contribution in [0.25, 0.3) is 0 Å². The first kappa shape index (κ1) is 32.6. The molecule has 0 saturated carbocycles. The molecule has 8 nitrogen and oxygen atoms in total. The van der Waals surface area contributed by atoms with Gasteiger partial charge in [0.25, 0.3) is 0 Å². The first-order valence-electron chi connectivity index (χ1n) is 11.1. The van der Waals surface area contributed by atoms with E-state index in [-0.39, 0.29) is 12.3 Å². The smallest absolute Gasteiger partial charge is 0.460 e. The molecule has 0 bridgehead atoms. The Morgan fingerprint density at radius 3 is 2.06 bits per heavy atom. The lowest BCUT2D eigenvalue weighted by molar-refractivity contribution is -0.163. The third-order valence-corrected chi connectivity index (χ3v) is 5.49. The van der Waals surface area contributed by atoms with Gasteiger partial charge in [-0.05, 0) is 33.6 Å². The van der Waals surface area contributed by atoms with Crippen LogP contribution in [0.5, 0.6) is 0 Å². The molecule has 0 rings (SSSR count). The molecule has 0 radical (unpaired) electrons. The van der Waals surface area contributed by atoms with Crippen LogP contribution >= 0.6 is 34.8 Å². The van der Waals surface area contributed by atoms with Crippen LogP contribution in [0.2, 0.25) is 0 Å². The Labute approximate surface area is 218 Å². The van der Waals surface area contributed by atoms with Crippen molar-refractivity contribution in [3.63, 3.8) is 0 Å². The van der Waals surface area contributed by atoms with Crippen LogP contribution in [0.3, 0.4) is 0 Å². The first-order valence-corrected chi connectivity index (χ1v) is 12.2. The average molecular weight is 547 g/mol. The Kier molecular flexibility index (Phi) is 13.7. The number of carbonyl (C=O) groups is 3. The monoisotopic (exact) mass is 545 g/mol. The predicted molar refractivity (Wildman–Crippen MR) is 133 cm³/mol. The minimum atomic E-state index is -1.77. The van der Waals surface area contributed by atoms with Gasteiger partial charge in [0.05, 0.1) is 0 Å². The van der Waals surface area contributed by atoms with E-state index >= 15 is 0 Å². The molecule has 0 aromatic carbocycles. The van der Waals surface area contributed by atoms with Crippen LogP contribution in [0.15, 0.2) is 12.7 Å². The fourth-order valence-electron chi connectivity index (χ4n) is 2.90. The molecular formula is C23H38Cl3NO7. The second kappa shape index (κ2) is 14.2. The van der Waals surface area contributed by atoms with Gasteiger partial charge in [-0.1, -0.05) is 68.1 Å². The van der Waals surface area contributed by atoms with Crippen molar-refractivity contribution in [3.8, 4) is 0 Å². The Hall–Kier alpha value is -1.38. The maximum atomic E-state index is 12.9. The van der Waals surface area contributed by atoms with E-state index in [0.717, 1.165) is 0 Å². The van der Waals surface area contributed by atoms with Crippen molar-refractivity contribution >= 4 is 53.0 Å². The Morgan fingerprint density at radius 1 is 1.06 bits per heavy atom. The summed E-state index contributed by atoms with van der Waals surface area (Å²) in [5.74, 6) is -1.12. The molecule has 0 aromatic rings. The van der Waals surface area contributed by atoms with Crippen LogP contribution in [0.1, 0.15) is 61.3 Å². The molecule has 0 aliphatic heterocycles. The van der Waals surface area contributed by atoms with Crippen LogP contribution in [0, 0.1) is 11.8 Å². The van der Waals surface area contributed by atoms with Crippen LogP contribution < -0.4 is 0 Å². The Morgan fingerprint density at radius 2 is 1.62 bits per heavy atom. The van der Waals surface area contributed by atoms with Gasteiger partial charge in [0, 0.05) is 19.4 Å². The zero-order valence-corrected chi connectivity index (χ0v) is 23.5. The summed E-state index contributed by atoms with van der Waals surface area (Å²) in [4.78, 5) is 38.6. The number of ether oxygens (including phenoxy) is 4. The van der Waals surface area contributed by atoms with Crippen molar-refractivity contribution in [3.05, 3.63) is 12.7 Å². The topological polar surface area (TPSA) is 91.4 Å². The first-order chi connectivity index (χ1) is 15.4. The summed E-state index contributed by atoms with van der Waals surface area (Å²) in [6.07, 6.45) is -0.451. The summed E-state index contributed by atoms with van der Waals surface area (Å²) in [5, 5.41) is 0. The average Bonchev–Trinajstić information content (AvgIpc) is 2.71. The number of amides is 1. The molecule has 0 aliphatic rings. The summed E-state index contributed by atoms with van der Waals surface area (Å²) in [6.45, 7) is 15.6. The molecule has 0 unspecified atom stereocenters. The molecule has 1 amide bonds. The number of carbonyl (C=O) groups excluding carboxylic acids is 3. The largest absolute Gasteiger partial charge is 0.508 e. The van der Waals surface area contributed by atoms with Crippen LogP contribution in [-0.4, -0.2) is 64.4 Å². The van der Waals surface area contributed by atoms with Gasteiger partial charge in [0.15, 0.2) is 0 Å². The van der Waals surface area contributed by atoms with Crippen molar-refractivity contribution in [1.29, 1.82) is 0 Å². The molecule has 0 heterocycles. The van der Waals surface area contributed by atoms with Crippen molar-refractivity contribution in [2.45, 2.75) is 89.0 Å². The number of halogens is 3. The molecule has 0 aromatic heterocycles. The highest BCUT2D eigenvalue weighted by Gasteiger charge is 2.37. The second-order valence-electron chi connectivity index (χ2n) is 9.25. The minimum absolute atomic E-state index is 0.0777. The van der Waals surface area contributed by atoms with E-state index in [0.29, 0.717) is 6.42 Å². The van der Waals surface area contributed by atoms with Gasteiger partial charge < -0.3 is 18.9 Å². The van der Waals surface area contributed by atoms with E-state index in [1.807, 2.05) is 13.8 Å². The fraction of sp³-hybridized carbons (Fsp3) is 0.783. The summed E-state index contributed by atoms with van der Waals surface area (Å²) in [6, 6.07) is -0.901. The lowest BCUT2D eigenvalue weighted by atomic mass is 9.86. The maximum Gasteiger partial charge on any atom is 0.508 e. The predicted octanol–water partition coefficient (Wildman–Crippen LogP) is 6.30. The van der Waals surface area contributed by atoms with Crippen molar-refractivity contribution < 1.29 is 33.3 Å². The van der Waals surface area contributed by atoms with Crippen molar-refractivity contribution in [1.82, 2.24) is 4.90 Å². The van der Waals surface area contributed by atoms with Gasteiger partial charge in [-0.25, -0.2) is 14.4 Å². The number of rotatable bonds is 11. The number of alkyl halides is 3. The third-order valence-electron chi connectivity index (χ3n) is 5.17. The standard InChI is InChI=1S/C23H38Cl3NO7/c1-10-12-17(32-21(30)31-13-23(24,25)26)15(4)18(14(3)11-2)33-19(28)16(5)27(9)20(29)34-22(6,7)8/h10,14-18H,1,11-13H2,2-9H3/t14-,15-,16-,17-,18-/m0/s1. The molecule has 0 fully saturated rings. The summed E-state index contributed by atoms with van der Waals surface area (Å²) < 4.78 is 19.7. The number of likely N-dealkylation sites (N-methyl/N-ethyl adjacent to an activating group) is 1. The second-order valence-corrected chi connectivity index (χ2v) is 11.8. The SMILES string of the molecule is C=CC[C@H](OC(=O)OCC(Cl)(Cl)Cl)[C@H](C)[C@@H](OC(=O)[C@H](C)N(C)C(=O)OC(C)(C)C)[C@@H](C)CC. The highest BCUT2D eigenvalue weighted by atomic mass is 35.6. The number of hydrogen-bond acceptors (Lipinski definition) is 7. The molecular weight excluding hydrogens is 509 g/mol. The van der Waals surface area contributed by atoms with Gasteiger partial charge in [0.2, 0.25) is 3.79 Å². The van der Waals surface area contributed by atoms with E-state index in [1.54, 1.807) is 40.7 Å². The molecule has 11 heteroatoms. The van der Waals surface area contributed by atoms with E-state index in [9.17, 15) is 14.4 Å². The minimum Gasteiger partial charge on any atom is -0.460 e. The quantitative estimate of drug-likeness (QED) is 0.130. The molecule has 0 aliphatic carbocycles. The van der Waals surface area contributed by atoms with Gasteiger partial charge in [-0.3, -0.25) is 4.90 Å². The highest BCUT2D eigenvalue weighted by Crippen LogP contribution is 2.29. The highest BCUT2D eigenvalue weighted by molar-refractivity contribution is 6.67.